The smallest absolute Gasteiger partial charge is 0.0472 e. The Kier molecular flexibility index (Phi) is 3.78. The van der Waals surface area contributed by atoms with Crippen LogP contribution in [0.2, 0.25) is 0 Å². The Bertz CT molecular complexity index is 324. The van der Waals surface area contributed by atoms with Crippen LogP contribution in [0.4, 0.5) is 0 Å². The van der Waals surface area contributed by atoms with Crippen molar-refractivity contribution in [2.24, 2.45) is 17.3 Å². The SMILES string of the molecule is C1CC2CN(CC3(CNC4CC4)CCOCC3)CC2C1. The van der Waals surface area contributed by atoms with Crippen LogP contribution in [0.25, 0.3) is 0 Å². The van der Waals surface area contributed by atoms with Crippen molar-refractivity contribution in [3.63, 3.8) is 0 Å². The van der Waals surface area contributed by atoms with E-state index in [9.17, 15) is 0 Å². The Balaban J connectivity index is 1.36. The van der Waals surface area contributed by atoms with Crippen LogP contribution in [0, 0.1) is 17.3 Å². The van der Waals surface area contributed by atoms with Gasteiger partial charge >= 0.3 is 0 Å². The summed E-state index contributed by atoms with van der Waals surface area (Å²) < 4.78 is 5.64. The Morgan fingerprint density at radius 3 is 2.35 bits per heavy atom. The van der Waals surface area contributed by atoms with Gasteiger partial charge in [-0.3, -0.25) is 0 Å². The molecule has 0 bridgehead atoms. The van der Waals surface area contributed by atoms with Crippen molar-refractivity contribution >= 4 is 0 Å². The predicted molar refractivity (Wildman–Crippen MR) is 80.8 cm³/mol. The topological polar surface area (TPSA) is 24.5 Å². The molecular formula is C17H30N2O. The molecule has 3 nitrogen and oxygen atoms in total. The highest BCUT2D eigenvalue weighted by atomic mass is 16.5. The van der Waals surface area contributed by atoms with Gasteiger partial charge in [0.25, 0.3) is 0 Å². The molecule has 4 fully saturated rings. The van der Waals surface area contributed by atoms with Gasteiger partial charge in [0, 0.05) is 45.4 Å². The van der Waals surface area contributed by atoms with Gasteiger partial charge in [-0.05, 0) is 55.8 Å². The van der Waals surface area contributed by atoms with Crippen molar-refractivity contribution in [1.29, 1.82) is 0 Å². The summed E-state index contributed by atoms with van der Waals surface area (Å²) in [7, 11) is 0. The van der Waals surface area contributed by atoms with Crippen molar-refractivity contribution in [3.8, 4) is 0 Å². The molecule has 0 aromatic carbocycles. The summed E-state index contributed by atoms with van der Waals surface area (Å²) in [5.74, 6) is 2.06. The summed E-state index contributed by atoms with van der Waals surface area (Å²) in [4.78, 5) is 2.80. The van der Waals surface area contributed by atoms with Gasteiger partial charge in [0.1, 0.15) is 0 Å². The Labute approximate surface area is 123 Å². The molecule has 0 aromatic heterocycles. The molecule has 114 valence electrons. The van der Waals surface area contributed by atoms with Crippen LogP contribution in [0.1, 0.15) is 44.9 Å². The molecule has 0 aromatic rings. The van der Waals surface area contributed by atoms with E-state index < -0.39 is 0 Å². The molecule has 2 aliphatic heterocycles. The van der Waals surface area contributed by atoms with Crippen molar-refractivity contribution < 1.29 is 4.74 Å². The van der Waals surface area contributed by atoms with Gasteiger partial charge in [0.15, 0.2) is 0 Å². The molecule has 2 unspecified atom stereocenters. The van der Waals surface area contributed by atoms with E-state index in [2.05, 4.69) is 10.2 Å². The third kappa shape index (κ3) is 2.90. The lowest BCUT2D eigenvalue weighted by atomic mass is 9.79. The van der Waals surface area contributed by atoms with Crippen LogP contribution < -0.4 is 5.32 Å². The van der Waals surface area contributed by atoms with Crippen molar-refractivity contribution in [2.45, 2.75) is 51.0 Å². The average Bonchev–Trinajstić information content (AvgIpc) is 3.07. The van der Waals surface area contributed by atoms with E-state index in [1.54, 1.807) is 0 Å². The quantitative estimate of drug-likeness (QED) is 0.835. The molecule has 0 amide bonds. The van der Waals surface area contributed by atoms with Gasteiger partial charge in [-0.25, -0.2) is 0 Å². The Morgan fingerprint density at radius 1 is 1.00 bits per heavy atom. The highest BCUT2D eigenvalue weighted by Gasteiger charge is 2.41. The van der Waals surface area contributed by atoms with Crippen LogP contribution >= 0.6 is 0 Å². The summed E-state index contributed by atoms with van der Waals surface area (Å²) in [6.45, 7) is 7.28. The number of nitrogens with zero attached hydrogens (tertiary/aromatic N) is 1. The largest absolute Gasteiger partial charge is 0.381 e. The van der Waals surface area contributed by atoms with Crippen LogP contribution in [0.3, 0.4) is 0 Å². The van der Waals surface area contributed by atoms with Crippen LogP contribution in [0.15, 0.2) is 0 Å². The predicted octanol–water partition coefficient (Wildman–Crippen LogP) is 2.27. The van der Waals surface area contributed by atoms with Gasteiger partial charge < -0.3 is 15.0 Å². The molecule has 0 radical (unpaired) electrons. The van der Waals surface area contributed by atoms with Crippen LogP contribution in [-0.4, -0.2) is 50.3 Å². The zero-order valence-corrected chi connectivity index (χ0v) is 12.8. The number of fused-ring (bicyclic) bond motifs is 1. The molecule has 2 heterocycles. The highest BCUT2D eigenvalue weighted by molar-refractivity contribution is 4.95. The molecule has 1 N–H and O–H groups in total. The van der Waals surface area contributed by atoms with E-state index in [-0.39, 0.29) is 0 Å². The molecule has 20 heavy (non-hydrogen) atoms. The fourth-order valence-corrected chi connectivity index (χ4v) is 4.78. The van der Waals surface area contributed by atoms with E-state index in [1.807, 2.05) is 0 Å². The molecule has 2 atom stereocenters. The minimum atomic E-state index is 0.499. The van der Waals surface area contributed by atoms with Gasteiger partial charge in [-0.2, -0.15) is 0 Å². The van der Waals surface area contributed by atoms with Crippen molar-refractivity contribution in [2.75, 3.05) is 39.4 Å². The molecule has 2 saturated heterocycles. The van der Waals surface area contributed by atoms with Gasteiger partial charge in [0.2, 0.25) is 0 Å². The first-order valence-electron chi connectivity index (χ1n) is 8.87. The number of ether oxygens (including phenoxy) is 1. The van der Waals surface area contributed by atoms with Gasteiger partial charge in [0.05, 0.1) is 0 Å². The Hall–Kier alpha value is -0.120. The second-order valence-electron chi connectivity index (χ2n) is 7.91. The average molecular weight is 278 g/mol. The minimum absolute atomic E-state index is 0.499. The lowest BCUT2D eigenvalue weighted by Gasteiger charge is -2.40. The summed E-state index contributed by atoms with van der Waals surface area (Å²) >= 11 is 0. The normalized spacial score (nSPS) is 37.2. The zero-order chi connectivity index (χ0) is 13.4. The molecule has 4 aliphatic rings. The lowest BCUT2D eigenvalue weighted by molar-refractivity contribution is -0.00219. The lowest BCUT2D eigenvalue weighted by Crippen LogP contribution is -2.47. The number of rotatable bonds is 5. The molecule has 2 saturated carbocycles. The standard InChI is InChI=1S/C17H30N2O/c1-2-14-10-19(11-15(14)3-1)13-17(6-8-20-9-7-17)12-18-16-4-5-16/h14-16,18H,1-13H2. The van der Waals surface area contributed by atoms with Crippen molar-refractivity contribution in [1.82, 2.24) is 10.2 Å². The monoisotopic (exact) mass is 278 g/mol. The van der Waals surface area contributed by atoms with Crippen LogP contribution in [-0.2, 0) is 4.74 Å². The van der Waals surface area contributed by atoms with E-state index in [4.69, 9.17) is 4.74 Å². The second-order valence-corrected chi connectivity index (χ2v) is 7.91. The number of likely N-dealkylation sites (tertiary alicyclic amines) is 1. The summed E-state index contributed by atoms with van der Waals surface area (Å²) in [5.41, 5.74) is 0.499. The van der Waals surface area contributed by atoms with Gasteiger partial charge in [-0.15, -0.1) is 0 Å². The maximum atomic E-state index is 5.64. The summed E-state index contributed by atoms with van der Waals surface area (Å²) in [5, 5.41) is 3.81. The third-order valence-corrected chi connectivity index (χ3v) is 6.26. The maximum absolute atomic E-state index is 5.64. The third-order valence-electron chi connectivity index (χ3n) is 6.26. The molecule has 2 aliphatic carbocycles. The highest BCUT2D eigenvalue weighted by Crippen LogP contribution is 2.40. The molecule has 4 rings (SSSR count). The fourth-order valence-electron chi connectivity index (χ4n) is 4.78. The molecular weight excluding hydrogens is 248 g/mol. The number of nitrogens with one attached hydrogen (secondary N) is 1. The first-order chi connectivity index (χ1) is 9.83. The number of hydrogen-bond donors (Lipinski definition) is 1. The maximum Gasteiger partial charge on any atom is 0.0472 e. The summed E-state index contributed by atoms with van der Waals surface area (Å²) in [6, 6.07) is 0.840. The Morgan fingerprint density at radius 2 is 1.70 bits per heavy atom. The second kappa shape index (κ2) is 5.58. The van der Waals surface area contributed by atoms with E-state index in [1.165, 1.54) is 71.1 Å². The van der Waals surface area contributed by atoms with Crippen molar-refractivity contribution in [3.05, 3.63) is 0 Å². The van der Waals surface area contributed by atoms with Crippen LogP contribution in [0.5, 0.6) is 0 Å². The first-order valence-corrected chi connectivity index (χ1v) is 8.87. The van der Waals surface area contributed by atoms with Gasteiger partial charge in [-0.1, -0.05) is 6.42 Å². The first kappa shape index (κ1) is 13.5. The fraction of sp³-hybridized carbons (Fsp3) is 1.00. The molecule has 0 spiro atoms. The zero-order valence-electron chi connectivity index (χ0n) is 12.8. The van der Waals surface area contributed by atoms with E-state index in [0.29, 0.717) is 5.41 Å². The minimum Gasteiger partial charge on any atom is -0.381 e. The summed E-state index contributed by atoms with van der Waals surface area (Å²) in [6.07, 6.45) is 9.82. The molecule has 3 heteroatoms. The van der Waals surface area contributed by atoms with E-state index in [0.717, 1.165) is 31.1 Å². The van der Waals surface area contributed by atoms with E-state index >= 15 is 0 Å². The number of hydrogen-bond acceptors (Lipinski definition) is 3.